The normalized spacial score (nSPS) is 14.7. The van der Waals surface area contributed by atoms with Crippen LogP contribution in [-0.2, 0) is 13.1 Å². The van der Waals surface area contributed by atoms with E-state index in [-0.39, 0.29) is 17.3 Å². The average Bonchev–Trinajstić information content (AvgIpc) is 2.98. The maximum absolute atomic E-state index is 13.6. The molecule has 4 nitrogen and oxygen atoms in total. The molecule has 0 N–H and O–H groups in total. The molecule has 1 aromatic heterocycles. The number of hydrogen-bond acceptors (Lipinski definition) is 3. The molecule has 1 aliphatic rings. The van der Waals surface area contributed by atoms with Gasteiger partial charge >= 0.3 is 0 Å². The molecule has 5 aromatic rings. The molecule has 39 heavy (non-hydrogen) atoms. The topological polar surface area (TPSA) is 28.5 Å². The van der Waals surface area contributed by atoms with Gasteiger partial charge in [-0.15, -0.1) is 0 Å². The molecule has 196 valence electrons. The lowest BCUT2D eigenvalue weighted by Crippen LogP contribution is -2.47. The first-order chi connectivity index (χ1) is 19.2. The molecule has 2 heterocycles. The molecule has 0 radical (unpaired) electrons. The second-order valence-electron chi connectivity index (χ2n) is 10.3. The van der Waals surface area contributed by atoms with Crippen LogP contribution in [0.5, 0.6) is 0 Å². The Labute approximate surface area is 228 Å². The smallest absolute Gasteiger partial charge is 0.189 e. The van der Waals surface area contributed by atoms with Crippen molar-refractivity contribution < 1.29 is 4.39 Å². The fraction of sp³-hybridized carbons (Fsp3) is 0.206. The van der Waals surface area contributed by atoms with Crippen molar-refractivity contribution in [3.05, 3.63) is 154 Å². The van der Waals surface area contributed by atoms with Gasteiger partial charge in [0.15, 0.2) is 5.43 Å². The van der Waals surface area contributed by atoms with Crippen LogP contribution in [-0.4, -0.2) is 40.5 Å². The minimum absolute atomic E-state index is 0.0443. The summed E-state index contributed by atoms with van der Waals surface area (Å²) in [5.41, 5.74) is 5.56. The SMILES string of the molecule is O=c1cc(CN2CCN(C(c3ccccc3)c3ccccc3)CC2)n(Cc2ccc(F)cc2)c2ccccc12. The highest BCUT2D eigenvalue weighted by atomic mass is 19.1. The number of hydrogen-bond donors (Lipinski definition) is 0. The molecule has 1 aliphatic heterocycles. The highest BCUT2D eigenvalue weighted by molar-refractivity contribution is 5.79. The molecular formula is C34H32FN3O. The summed E-state index contributed by atoms with van der Waals surface area (Å²) in [4.78, 5) is 18.1. The van der Waals surface area contributed by atoms with Crippen LogP contribution in [0.25, 0.3) is 10.9 Å². The molecular weight excluding hydrogens is 485 g/mol. The third kappa shape index (κ3) is 5.56. The lowest BCUT2D eigenvalue weighted by molar-refractivity contribution is 0.103. The average molecular weight is 518 g/mol. The van der Waals surface area contributed by atoms with Gasteiger partial charge in [0.05, 0.1) is 11.6 Å². The first-order valence-corrected chi connectivity index (χ1v) is 13.6. The van der Waals surface area contributed by atoms with Crippen LogP contribution >= 0.6 is 0 Å². The quantitative estimate of drug-likeness (QED) is 0.261. The fourth-order valence-corrected chi connectivity index (χ4v) is 5.76. The lowest BCUT2D eigenvalue weighted by atomic mass is 9.96. The Kier molecular flexibility index (Phi) is 7.35. The first-order valence-electron chi connectivity index (χ1n) is 13.6. The van der Waals surface area contributed by atoms with Gasteiger partial charge < -0.3 is 4.57 Å². The number of benzene rings is 4. The highest BCUT2D eigenvalue weighted by Gasteiger charge is 2.27. The summed E-state index contributed by atoms with van der Waals surface area (Å²) < 4.78 is 15.8. The molecule has 4 aromatic carbocycles. The minimum Gasteiger partial charge on any atom is -0.339 e. The Morgan fingerprint density at radius 2 is 1.26 bits per heavy atom. The monoisotopic (exact) mass is 517 g/mol. The highest BCUT2D eigenvalue weighted by Crippen LogP contribution is 2.30. The van der Waals surface area contributed by atoms with Gasteiger partial charge in [-0.2, -0.15) is 0 Å². The van der Waals surface area contributed by atoms with Crippen molar-refractivity contribution >= 4 is 10.9 Å². The Balaban J connectivity index is 1.25. The summed E-state index contributed by atoms with van der Waals surface area (Å²) in [6.45, 7) is 4.97. The summed E-state index contributed by atoms with van der Waals surface area (Å²) in [6, 6.07) is 37.8. The molecule has 6 rings (SSSR count). The van der Waals surface area contributed by atoms with E-state index in [0.717, 1.165) is 43.0 Å². The van der Waals surface area contributed by atoms with Gasteiger partial charge in [0, 0.05) is 56.4 Å². The van der Waals surface area contributed by atoms with Gasteiger partial charge in [0.1, 0.15) is 5.82 Å². The molecule has 0 bridgehead atoms. The minimum atomic E-state index is -0.245. The summed E-state index contributed by atoms with van der Waals surface area (Å²) in [5.74, 6) is -0.245. The van der Waals surface area contributed by atoms with Gasteiger partial charge in [0.25, 0.3) is 0 Å². The van der Waals surface area contributed by atoms with Gasteiger partial charge in [-0.1, -0.05) is 84.9 Å². The molecule has 0 unspecified atom stereocenters. The predicted octanol–water partition coefficient (Wildman–Crippen LogP) is 6.10. The number of piperazine rings is 1. The molecule has 0 atom stereocenters. The van der Waals surface area contributed by atoms with Gasteiger partial charge in [-0.25, -0.2) is 4.39 Å². The second kappa shape index (κ2) is 11.4. The van der Waals surface area contributed by atoms with Crippen molar-refractivity contribution in [2.45, 2.75) is 19.1 Å². The van der Waals surface area contributed by atoms with Crippen molar-refractivity contribution in [2.24, 2.45) is 0 Å². The first kappa shape index (κ1) is 25.2. The summed E-state index contributed by atoms with van der Waals surface area (Å²) in [5, 5.41) is 0.710. The van der Waals surface area contributed by atoms with E-state index in [9.17, 15) is 9.18 Å². The number of nitrogens with zero attached hydrogens (tertiary/aromatic N) is 3. The number of pyridine rings is 1. The van der Waals surface area contributed by atoms with Crippen LogP contribution in [0, 0.1) is 5.82 Å². The largest absolute Gasteiger partial charge is 0.339 e. The van der Waals surface area contributed by atoms with Crippen LogP contribution in [0.1, 0.15) is 28.4 Å². The van der Waals surface area contributed by atoms with Crippen molar-refractivity contribution in [3.8, 4) is 0 Å². The molecule has 0 spiro atoms. The van der Waals surface area contributed by atoms with E-state index in [1.807, 2.05) is 36.4 Å². The Bertz CT molecular complexity index is 1550. The van der Waals surface area contributed by atoms with Gasteiger partial charge in [-0.3, -0.25) is 14.6 Å². The van der Waals surface area contributed by atoms with E-state index in [1.165, 1.54) is 23.3 Å². The Morgan fingerprint density at radius 3 is 1.90 bits per heavy atom. The zero-order chi connectivity index (χ0) is 26.6. The second-order valence-corrected chi connectivity index (χ2v) is 10.3. The van der Waals surface area contributed by atoms with Crippen LogP contribution in [0.4, 0.5) is 4.39 Å². The molecule has 1 fully saturated rings. The number of para-hydroxylation sites is 1. The third-order valence-corrected chi connectivity index (χ3v) is 7.75. The number of rotatable bonds is 7. The van der Waals surface area contributed by atoms with Crippen LogP contribution < -0.4 is 5.43 Å². The summed E-state index contributed by atoms with van der Waals surface area (Å²) in [6.07, 6.45) is 0. The van der Waals surface area contributed by atoms with Crippen molar-refractivity contribution in [1.29, 1.82) is 0 Å². The Morgan fingerprint density at radius 1 is 0.667 bits per heavy atom. The van der Waals surface area contributed by atoms with Crippen molar-refractivity contribution in [2.75, 3.05) is 26.2 Å². The molecule has 0 aliphatic carbocycles. The predicted molar refractivity (Wildman–Crippen MR) is 155 cm³/mol. The van der Waals surface area contributed by atoms with E-state index >= 15 is 0 Å². The van der Waals surface area contributed by atoms with E-state index in [0.29, 0.717) is 18.5 Å². The van der Waals surface area contributed by atoms with E-state index in [4.69, 9.17) is 0 Å². The fourth-order valence-electron chi connectivity index (χ4n) is 5.76. The third-order valence-electron chi connectivity index (χ3n) is 7.75. The van der Waals surface area contributed by atoms with Crippen LogP contribution in [0.15, 0.2) is 120 Å². The van der Waals surface area contributed by atoms with Crippen LogP contribution in [0.3, 0.4) is 0 Å². The standard InChI is InChI=1S/C34H32FN3O/c35-29-17-15-26(16-18-29)24-38-30(23-33(39)31-13-7-8-14-32(31)38)25-36-19-21-37(22-20-36)34(27-9-3-1-4-10-27)28-11-5-2-6-12-28/h1-18,23,34H,19-22,24-25H2. The van der Waals surface area contributed by atoms with Crippen molar-refractivity contribution in [3.63, 3.8) is 0 Å². The summed E-state index contributed by atoms with van der Waals surface area (Å²) in [7, 11) is 0. The van der Waals surface area contributed by atoms with E-state index in [1.54, 1.807) is 6.07 Å². The number of halogens is 1. The van der Waals surface area contributed by atoms with E-state index < -0.39 is 0 Å². The molecule has 0 saturated carbocycles. The lowest BCUT2D eigenvalue weighted by Gasteiger charge is -2.40. The molecule has 1 saturated heterocycles. The summed E-state index contributed by atoms with van der Waals surface area (Å²) >= 11 is 0. The van der Waals surface area contributed by atoms with Crippen molar-refractivity contribution in [1.82, 2.24) is 14.4 Å². The van der Waals surface area contributed by atoms with E-state index in [2.05, 4.69) is 75.0 Å². The van der Waals surface area contributed by atoms with Gasteiger partial charge in [0.2, 0.25) is 0 Å². The number of fused-ring (bicyclic) bond motifs is 1. The maximum atomic E-state index is 13.6. The number of aromatic nitrogens is 1. The van der Waals surface area contributed by atoms with Gasteiger partial charge in [-0.05, 0) is 41.0 Å². The zero-order valence-electron chi connectivity index (χ0n) is 21.9. The molecule has 5 heteroatoms. The molecule has 0 amide bonds. The zero-order valence-corrected chi connectivity index (χ0v) is 21.9. The maximum Gasteiger partial charge on any atom is 0.189 e. The van der Waals surface area contributed by atoms with Crippen LogP contribution in [0.2, 0.25) is 0 Å². The Hall–Kier alpha value is -4.06.